The van der Waals surface area contributed by atoms with Crippen LogP contribution in [0.25, 0.3) is 0 Å². The van der Waals surface area contributed by atoms with Gasteiger partial charge in [-0.1, -0.05) is 29.8 Å². The van der Waals surface area contributed by atoms with E-state index in [0.717, 1.165) is 31.6 Å². The van der Waals surface area contributed by atoms with E-state index in [9.17, 15) is 9.18 Å². The van der Waals surface area contributed by atoms with Crippen molar-refractivity contribution >= 4 is 11.6 Å². The summed E-state index contributed by atoms with van der Waals surface area (Å²) in [5.41, 5.74) is 5.87. The first-order valence-electron chi connectivity index (χ1n) is 12.0. The molecule has 1 heterocycles. The van der Waals surface area contributed by atoms with Crippen molar-refractivity contribution in [3.05, 3.63) is 76.6 Å². The van der Waals surface area contributed by atoms with Gasteiger partial charge in [-0.25, -0.2) is 4.39 Å². The lowest BCUT2D eigenvalue weighted by Crippen LogP contribution is -2.63. The molecule has 0 atom stereocenters. The molecule has 1 spiro atoms. The van der Waals surface area contributed by atoms with E-state index >= 15 is 0 Å². The van der Waals surface area contributed by atoms with E-state index in [1.807, 2.05) is 25.8 Å². The number of halogens is 1. The first-order valence-corrected chi connectivity index (χ1v) is 12.0. The highest BCUT2D eigenvalue weighted by atomic mass is 19.1. The second-order valence-corrected chi connectivity index (χ2v) is 9.68. The highest BCUT2D eigenvalue weighted by Gasteiger charge is 2.54. The molecule has 0 radical (unpaired) electrons. The van der Waals surface area contributed by atoms with Gasteiger partial charge in [-0.3, -0.25) is 9.79 Å². The molecule has 0 unspecified atom stereocenters. The number of hydrogen-bond donors (Lipinski definition) is 0. The van der Waals surface area contributed by atoms with Gasteiger partial charge in [0.1, 0.15) is 11.6 Å². The molecule has 4 rings (SSSR count). The molecule has 0 bridgehead atoms. The quantitative estimate of drug-likeness (QED) is 0.479. The number of aryl methyl sites for hydroxylation is 2. The Kier molecular flexibility index (Phi) is 8.29. The van der Waals surface area contributed by atoms with Gasteiger partial charge in [0.25, 0.3) is 5.91 Å². The molecule has 1 amide bonds. The molecular formula is C29H37FN2O2. The van der Waals surface area contributed by atoms with Crippen molar-refractivity contribution in [3.8, 4) is 5.75 Å². The van der Waals surface area contributed by atoms with Crippen LogP contribution < -0.4 is 4.74 Å². The number of aliphatic imine (C=N–C) groups is 1. The van der Waals surface area contributed by atoms with Gasteiger partial charge in [0.05, 0.1) is 12.2 Å². The number of carbonyl (C=O) groups excluding carboxylic acids is 1. The number of benzene rings is 2. The van der Waals surface area contributed by atoms with Crippen LogP contribution in [0.5, 0.6) is 5.75 Å². The Morgan fingerprint density at radius 2 is 1.76 bits per heavy atom. The molecule has 1 aliphatic heterocycles. The van der Waals surface area contributed by atoms with E-state index in [4.69, 9.17) is 4.74 Å². The fraction of sp³-hybridized carbons (Fsp3) is 0.448. The zero-order valence-electron chi connectivity index (χ0n) is 21.3. The lowest BCUT2D eigenvalue weighted by molar-refractivity contribution is -0.0665. The number of amides is 1. The summed E-state index contributed by atoms with van der Waals surface area (Å²) < 4.78 is 18.9. The molecule has 4 nitrogen and oxygen atoms in total. The minimum Gasteiger partial charge on any atom is -0.493 e. The van der Waals surface area contributed by atoms with Crippen molar-refractivity contribution in [3.63, 3.8) is 0 Å². The molecule has 2 fully saturated rings. The summed E-state index contributed by atoms with van der Waals surface area (Å²) in [4.78, 5) is 18.8. The van der Waals surface area contributed by atoms with Crippen LogP contribution in [0.4, 0.5) is 4.39 Å². The summed E-state index contributed by atoms with van der Waals surface area (Å²) in [6, 6.07) is 12.5. The molecule has 2 aromatic carbocycles. The number of nitrogens with zero attached hydrogens (tertiary/aromatic N) is 2. The van der Waals surface area contributed by atoms with Crippen molar-refractivity contribution in [2.24, 2.45) is 16.3 Å². The number of ether oxygens (including phenoxy) is 1. The first kappa shape index (κ1) is 25.7. The zero-order valence-corrected chi connectivity index (χ0v) is 21.3. The van der Waals surface area contributed by atoms with Crippen LogP contribution in [0.2, 0.25) is 0 Å². The molecule has 1 saturated carbocycles. The van der Waals surface area contributed by atoms with Crippen LogP contribution >= 0.6 is 0 Å². The average molecular weight is 465 g/mol. The Labute approximate surface area is 203 Å². The summed E-state index contributed by atoms with van der Waals surface area (Å²) in [6.07, 6.45) is 4.40. The molecular weight excluding hydrogens is 427 g/mol. The third-order valence-electron chi connectivity index (χ3n) is 7.03. The van der Waals surface area contributed by atoms with Gasteiger partial charge in [-0.15, -0.1) is 0 Å². The normalized spacial score (nSPS) is 17.4. The van der Waals surface area contributed by atoms with Crippen molar-refractivity contribution < 1.29 is 13.9 Å². The van der Waals surface area contributed by atoms with Gasteiger partial charge >= 0.3 is 0 Å². The second-order valence-electron chi connectivity index (χ2n) is 9.68. The minimum absolute atomic E-state index is 0.0660. The van der Waals surface area contributed by atoms with E-state index in [0.29, 0.717) is 23.8 Å². The summed E-state index contributed by atoms with van der Waals surface area (Å²) in [5, 5.41) is 0. The number of likely N-dealkylation sites (tertiary alicyclic amines) is 1. The van der Waals surface area contributed by atoms with Gasteiger partial charge in [-0.05, 0) is 82.7 Å². The van der Waals surface area contributed by atoms with E-state index in [2.05, 4.69) is 56.1 Å². The molecule has 1 aliphatic carbocycles. The van der Waals surface area contributed by atoms with Crippen LogP contribution in [0.1, 0.15) is 55.1 Å². The Hall–Kier alpha value is -2.95. The van der Waals surface area contributed by atoms with Crippen molar-refractivity contribution in [2.45, 2.75) is 47.5 Å². The van der Waals surface area contributed by atoms with Crippen LogP contribution in [-0.4, -0.2) is 43.3 Å². The fourth-order valence-electron chi connectivity index (χ4n) is 4.77. The predicted molar refractivity (Wildman–Crippen MR) is 137 cm³/mol. The molecule has 2 aromatic rings. The third-order valence-corrected chi connectivity index (χ3v) is 7.03. The average Bonchev–Trinajstić information content (AvgIpc) is 2.74. The zero-order chi connectivity index (χ0) is 24.9. The Bertz CT molecular complexity index is 1050. The topological polar surface area (TPSA) is 41.9 Å². The van der Waals surface area contributed by atoms with E-state index in [1.165, 1.54) is 34.9 Å². The lowest BCUT2D eigenvalue weighted by atomic mass is 9.56. The van der Waals surface area contributed by atoms with Gasteiger partial charge < -0.3 is 9.64 Å². The van der Waals surface area contributed by atoms with Gasteiger partial charge in [0.2, 0.25) is 0 Å². The first-order chi connectivity index (χ1) is 16.2. The van der Waals surface area contributed by atoms with Crippen LogP contribution in [0.15, 0.2) is 59.1 Å². The number of rotatable bonds is 5. The Morgan fingerprint density at radius 3 is 2.29 bits per heavy atom. The molecule has 0 aromatic heterocycles. The maximum absolute atomic E-state index is 13.4. The summed E-state index contributed by atoms with van der Waals surface area (Å²) in [7, 11) is 1.81. The second kappa shape index (κ2) is 11.0. The minimum atomic E-state index is -0.389. The lowest BCUT2D eigenvalue weighted by Gasteiger charge is -2.59. The highest BCUT2D eigenvalue weighted by Crippen LogP contribution is 2.54. The van der Waals surface area contributed by atoms with Crippen LogP contribution in [-0.2, 0) is 0 Å². The van der Waals surface area contributed by atoms with Gasteiger partial charge in [-0.2, -0.15) is 0 Å². The molecule has 5 heteroatoms. The standard InChI is InChI=1S/C21H27FN2O2.C8H10/c1-5-26-19-9-17(22)6-7-18(19)20(25)24-12-21(13-24)10-16(11-21)14(2)8-15(3)23-4;1-7-5-3-4-6-8(7)2/h6-9,16H,5,10-13H2,1-4H3;3-6H,1-2H3/b14-8+,23-15?;. The number of hydrogen-bond acceptors (Lipinski definition) is 3. The Balaban J connectivity index is 0.000000343. The number of carbonyl (C=O) groups is 1. The number of allylic oxidation sites excluding steroid dienone is 2. The monoisotopic (exact) mass is 464 g/mol. The maximum Gasteiger partial charge on any atom is 0.257 e. The molecule has 2 aliphatic rings. The largest absolute Gasteiger partial charge is 0.493 e. The maximum atomic E-state index is 13.4. The molecule has 182 valence electrons. The molecule has 0 N–H and O–H groups in total. The van der Waals surface area contributed by atoms with E-state index in [1.54, 1.807) is 0 Å². The van der Waals surface area contributed by atoms with Crippen molar-refractivity contribution in [2.75, 3.05) is 26.7 Å². The van der Waals surface area contributed by atoms with Crippen LogP contribution in [0, 0.1) is 31.0 Å². The SMILES string of the molecule is CCOc1cc(F)ccc1C(=O)N1CC2(CC(/C(C)=C/C(C)=NC)C2)C1.Cc1ccccc1C. The van der Waals surface area contributed by atoms with Gasteiger partial charge in [0, 0.05) is 37.3 Å². The van der Waals surface area contributed by atoms with Crippen molar-refractivity contribution in [1.82, 2.24) is 4.90 Å². The third kappa shape index (κ3) is 5.94. The van der Waals surface area contributed by atoms with E-state index < -0.39 is 0 Å². The van der Waals surface area contributed by atoms with Gasteiger partial charge in [0.15, 0.2) is 0 Å². The predicted octanol–water partition coefficient (Wildman–Crippen LogP) is 6.42. The summed E-state index contributed by atoms with van der Waals surface area (Å²) in [6.45, 7) is 12.2. The Morgan fingerprint density at radius 1 is 1.15 bits per heavy atom. The van der Waals surface area contributed by atoms with Crippen molar-refractivity contribution in [1.29, 1.82) is 0 Å². The summed E-state index contributed by atoms with van der Waals surface area (Å²) >= 11 is 0. The highest BCUT2D eigenvalue weighted by molar-refractivity contribution is 5.97. The fourth-order valence-corrected chi connectivity index (χ4v) is 4.77. The van der Waals surface area contributed by atoms with Crippen LogP contribution in [0.3, 0.4) is 0 Å². The summed E-state index contributed by atoms with van der Waals surface area (Å²) in [5.74, 6) is 0.468. The molecule has 1 saturated heterocycles. The molecule has 34 heavy (non-hydrogen) atoms. The van der Waals surface area contributed by atoms with E-state index in [-0.39, 0.29) is 17.1 Å². The smallest absolute Gasteiger partial charge is 0.257 e.